The molecule has 1 aliphatic rings. The fourth-order valence-electron chi connectivity index (χ4n) is 2.03. The zero-order valence-electron chi connectivity index (χ0n) is 9.62. The molecule has 0 saturated carbocycles. The van der Waals surface area contributed by atoms with Crippen LogP contribution in [0.25, 0.3) is 0 Å². The minimum Gasteiger partial charge on any atom is -0.314 e. The average molecular weight is 217 g/mol. The molecule has 0 amide bonds. The van der Waals surface area contributed by atoms with Gasteiger partial charge in [0.05, 0.1) is 5.37 Å². The first-order chi connectivity index (χ1) is 6.54. The molecule has 1 fully saturated rings. The summed E-state index contributed by atoms with van der Waals surface area (Å²) in [5, 5.41) is 7.31. The smallest absolute Gasteiger partial charge is 0.0500 e. The van der Waals surface area contributed by atoms with Crippen LogP contribution < -0.4 is 10.6 Å². The van der Waals surface area contributed by atoms with Gasteiger partial charge in [-0.2, -0.15) is 12.6 Å². The first-order valence-corrected chi connectivity index (χ1v) is 5.91. The van der Waals surface area contributed by atoms with Crippen molar-refractivity contribution in [3.05, 3.63) is 0 Å². The number of hydrogen-bond acceptors (Lipinski definition) is 4. The lowest BCUT2D eigenvalue weighted by atomic mass is 10.1. The Labute approximate surface area is 93.0 Å². The normalized spacial score (nSPS) is 31.3. The molecule has 0 aromatic carbocycles. The molecular weight excluding hydrogens is 194 g/mol. The van der Waals surface area contributed by atoms with E-state index in [0.29, 0.717) is 23.5 Å². The first kappa shape index (κ1) is 12.3. The molecule has 1 rings (SSSR count). The van der Waals surface area contributed by atoms with Crippen molar-refractivity contribution in [2.45, 2.75) is 44.3 Å². The molecule has 3 nitrogen and oxygen atoms in total. The van der Waals surface area contributed by atoms with E-state index in [0.717, 1.165) is 13.1 Å². The highest BCUT2D eigenvalue weighted by Gasteiger charge is 2.32. The molecule has 1 saturated heterocycles. The van der Waals surface area contributed by atoms with Gasteiger partial charge in [-0.05, 0) is 14.0 Å². The lowest BCUT2D eigenvalue weighted by Gasteiger charge is -2.21. The highest BCUT2D eigenvalue weighted by molar-refractivity contribution is 7.80. The van der Waals surface area contributed by atoms with E-state index in [1.54, 1.807) is 0 Å². The van der Waals surface area contributed by atoms with E-state index in [-0.39, 0.29) is 0 Å². The van der Waals surface area contributed by atoms with Gasteiger partial charge in [0.25, 0.3) is 0 Å². The van der Waals surface area contributed by atoms with E-state index in [1.807, 2.05) is 7.05 Å². The molecular formula is C10H23N3S. The van der Waals surface area contributed by atoms with Crippen LogP contribution in [0.4, 0.5) is 0 Å². The van der Waals surface area contributed by atoms with Crippen molar-refractivity contribution in [1.29, 1.82) is 0 Å². The second kappa shape index (κ2) is 5.35. The highest BCUT2D eigenvalue weighted by atomic mass is 32.1. The molecule has 3 atom stereocenters. The number of thiol groups is 1. The maximum atomic E-state index is 4.47. The van der Waals surface area contributed by atoms with Crippen molar-refractivity contribution >= 4 is 12.6 Å². The predicted molar refractivity (Wildman–Crippen MR) is 64.9 cm³/mol. The molecule has 2 N–H and O–H groups in total. The fraction of sp³-hybridized carbons (Fsp3) is 1.00. The number of nitrogens with zero attached hydrogens (tertiary/aromatic N) is 1. The van der Waals surface area contributed by atoms with E-state index in [9.17, 15) is 0 Å². The Balaban J connectivity index is 2.49. The van der Waals surface area contributed by atoms with Crippen LogP contribution in [0.5, 0.6) is 0 Å². The van der Waals surface area contributed by atoms with Crippen LogP contribution in [-0.4, -0.2) is 48.5 Å². The Kier molecular flexibility index (Phi) is 4.70. The van der Waals surface area contributed by atoms with E-state index >= 15 is 0 Å². The second-order valence-corrected chi connectivity index (χ2v) is 5.16. The predicted octanol–water partition coefficient (Wildman–Crippen LogP) is 0.532. The maximum absolute atomic E-state index is 4.47. The largest absolute Gasteiger partial charge is 0.314 e. The van der Waals surface area contributed by atoms with Crippen molar-refractivity contribution in [2.75, 3.05) is 20.1 Å². The molecule has 3 unspecified atom stereocenters. The van der Waals surface area contributed by atoms with Gasteiger partial charge < -0.3 is 10.6 Å². The number of hydrogen-bond donors (Lipinski definition) is 3. The molecule has 0 bridgehead atoms. The van der Waals surface area contributed by atoms with Gasteiger partial charge in [0.1, 0.15) is 0 Å². The summed E-state index contributed by atoms with van der Waals surface area (Å²) in [6.45, 7) is 8.70. The fourth-order valence-corrected chi connectivity index (χ4v) is 2.22. The summed E-state index contributed by atoms with van der Waals surface area (Å²) in [5.41, 5.74) is 0. The molecule has 0 spiro atoms. The van der Waals surface area contributed by atoms with Gasteiger partial charge in [-0.25, -0.2) is 0 Å². The van der Waals surface area contributed by atoms with Gasteiger partial charge in [-0.1, -0.05) is 13.8 Å². The minimum absolute atomic E-state index is 0.352. The zero-order chi connectivity index (χ0) is 10.7. The lowest BCUT2D eigenvalue weighted by Crippen LogP contribution is -2.48. The number of rotatable bonds is 4. The maximum Gasteiger partial charge on any atom is 0.0500 e. The van der Waals surface area contributed by atoms with Gasteiger partial charge in [-0.15, -0.1) is 0 Å². The SMILES string of the molecule is CNC1CN(C(C)S)CC1NC(C)C. The number of likely N-dealkylation sites (tertiary alicyclic amines) is 1. The van der Waals surface area contributed by atoms with Gasteiger partial charge >= 0.3 is 0 Å². The molecule has 1 aliphatic heterocycles. The van der Waals surface area contributed by atoms with Crippen molar-refractivity contribution < 1.29 is 0 Å². The van der Waals surface area contributed by atoms with E-state index < -0.39 is 0 Å². The molecule has 14 heavy (non-hydrogen) atoms. The van der Waals surface area contributed by atoms with Crippen molar-refractivity contribution in [3.8, 4) is 0 Å². The third kappa shape index (κ3) is 3.12. The van der Waals surface area contributed by atoms with Crippen LogP contribution in [0.1, 0.15) is 20.8 Å². The first-order valence-electron chi connectivity index (χ1n) is 5.40. The minimum atomic E-state index is 0.352. The molecule has 0 aliphatic carbocycles. The Morgan fingerprint density at radius 2 is 1.79 bits per heavy atom. The zero-order valence-corrected chi connectivity index (χ0v) is 10.5. The van der Waals surface area contributed by atoms with Crippen LogP contribution in [0.2, 0.25) is 0 Å². The van der Waals surface area contributed by atoms with Crippen molar-refractivity contribution in [2.24, 2.45) is 0 Å². The van der Waals surface area contributed by atoms with Gasteiger partial charge in [-0.3, -0.25) is 4.90 Å². The summed E-state index contributed by atoms with van der Waals surface area (Å²) in [4.78, 5) is 2.39. The summed E-state index contributed by atoms with van der Waals surface area (Å²) in [5.74, 6) is 0. The second-order valence-electron chi connectivity index (χ2n) is 4.41. The van der Waals surface area contributed by atoms with Crippen LogP contribution >= 0.6 is 12.6 Å². The molecule has 84 valence electrons. The summed E-state index contributed by atoms with van der Waals surface area (Å²) >= 11 is 4.47. The van der Waals surface area contributed by atoms with Gasteiger partial charge in [0.2, 0.25) is 0 Å². The summed E-state index contributed by atoms with van der Waals surface area (Å²) in [7, 11) is 2.03. The van der Waals surface area contributed by atoms with Crippen LogP contribution in [0, 0.1) is 0 Å². The Morgan fingerprint density at radius 3 is 2.21 bits per heavy atom. The van der Waals surface area contributed by atoms with Crippen LogP contribution in [-0.2, 0) is 0 Å². The molecule has 0 aromatic heterocycles. The standard InChI is InChI=1S/C10H23N3S/c1-7(2)12-10-6-13(8(3)14)5-9(10)11-4/h7-12,14H,5-6H2,1-4H3. The van der Waals surface area contributed by atoms with E-state index in [2.05, 4.69) is 48.9 Å². The Morgan fingerprint density at radius 1 is 1.21 bits per heavy atom. The van der Waals surface area contributed by atoms with Crippen molar-refractivity contribution in [1.82, 2.24) is 15.5 Å². The lowest BCUT2D eigenvalue weighted by molar-refractivity contribution is 0.317. The molecule has 0 radical (unpaired) electrons. The Hall–Kier alpha value is 0.230. The number of nitrogens with one attached hydrogen (secondary N) is 2. The molecule has 0 aromatic rings. The number of likely N-dealkylation sites (N-methyl/N-ethyl adjacent to an activating group) is 1. The van der Waals surface area contributed by atoms with E-state index in [4.69, 9.17) is 0 Å². The van der Waals surface area contributed by atoms with Crippen LogP contribution in [0.15, 0.2) is 0 Å². The quantitative estimate of drug-likeness (QED) is 0.600. The van der Waals surface area contributed by atoms with Gasteiger partial charge in [0.15, 0.2) is 0 Å². The monoisotopic (exact) mass is 217 g/mol. The summed E-state index contributed by atoms with van der Waals surface area (Å²) in [6.07, 6.45) is 0. The topological polar surface area (TPSA) is 27.3 Å². The Bertz CT molecular complexity index is 173. The third-order valence-electron chi connectivity index (χ3n) is 2.79. The molecule has 1 heterocycles. The van der Waals surface area contributed by atoms with E-state index in [1.165, 1.54) is 0 Å². The summed E-state index contributed by atoms with van der Waals surface area (Å²) in [6, 6.07) is 1.65. The highest BCUT2D eigenvalue weighted by Crippen LogP contribution is 2.15. The summed E-state index contributed by atoms with van der Waals surface area (Å²) < 4.78 is 0. The van der Waals surface area contributed by atoms with Gasteiger partial charge in [0, 0.05) is 31.2 Å². The van der Waals surface area contributed by atoms with Crippen molar-refractivity contribution in [3.63, 3.8) is 0 Å². The average Bonchev–Trinajstić information content (AvgIpc) is 2.46. The molecule has 4 heteroatoms. The third-order valence-corrected chi connectivity index (χ3v) is 3.12. The van der Waals surface area contributed by atoms with Crippen LogP contribution in [0.3, 0.4) is 0 Å².